The van der Waals surface area contributed by atoms with Gasteiger partial charge in [-0.25, -0.2) is 4.68 Å². The van der Waals surface area contributed by atoms with Crippen LogP contribution < -0.4 is 15.0 Å². The first-order valence-electron chi connectivity index (χ1n) is 11.7. The lowest BCUT2D eigenvalue weighted by Crippen LogP contribution is -2.41. The van der Waals surface area contributed by atoms with Crippen molar-refractivity contribution in [2.45, 2.75) is 57.5 Å². The molecule has 1 saturated carbocycles. The smallest absolute Gasteiger partial charge is 0.253 e. The number of hydrogen-bond donors (Lipinski definition) is 1. The van der Waals surface area contributed by atoms with E-state index in [0.29, 0.717) is 29.0 Å². The van der Waals surface area contributed by atoms with Crippen LogP contribution in [0.15, 0.2) is 23.0 Å². The van der Waals surface area contributed by atoms with Gasteiger partial charge >= 0.3 is 0 Å². The van der Waals surface area contributed by atoms with Gasteiger partial charge in [0.25, 0.3) is 5.56 Å². The summed E-state index contributed by atoms with van der Waals surface area (Å²) in [5.74, 6) is 2.70. The third-order valence-electron chi connectivity index (χ3n) is 7.15. The third kappa shape index (κ3) is 3.35. The Morgan fingerprint density at radius 2 is 1.91 bits per heavy atom. The second-order valence-electron chi connectivity index (χ2n) is 9.41. The van der Waals surface area contributed by atoms with Crippen LogP contribution in [-0.4, -0.2) is 50.0 Å². The zero-order valence-corrected chi connectivity index (χ0v) is 18.3. The Kier molecular flexibility index (Phi) is 4.86. The van der Waals surface area contributed by atoms with Crippen molar-refractivity contribution >= 4 is 10.9 Å². The van der Waals surface area contributed by atoms with Gasteiger partial charge < -0.3 is 14.5 Å². The lowest BCUT2D eigenvalue weighted by Gasteiger charge is -2.36. The van der Waals surface area contributed by atoms with E-state index in [1.807, 2.05) is 22.9 Å². The first-order valence-corrected chi connectivity index (χ1v) is 11.7. The van der Waals surface area contributed by atoms with Crippen molar-refractivity contribution in [2.75, 3.05) is 19.9 Å². The number of likely N-dealkylation sites (tertiary alicyclic amines) is 1. The molecule has 2 aliphatic heterocycles. The number of rotatable bonds is 4. The highest BCUT2D eigenvalue weighted by molar-refractivity contribution is 5.83. The number of hydrogen-bond acceptors (Lipinski definition) is 7. The largest absolute Gasteiger partial charge is 0.454 e. The molecular formula is C23H28N6O3. The minimum atomic E-state index is -0.285. The lowest BCUT2D eigenvalue weighted by molar-refractivity contribution is 0.139. The Bertz CT molecular complexity index is 1200. The number of nitrogens with zero attached hydrogens (tertiary/aromatic N) is 5. The van der Waals surface area contributed by atoms with Gasteiger partial charge in [-0.05, 0) is 60.7 Å². The molecule has 3 aliphatic rings. The Morgan fingerprint density at radius 1 is 1.09 bits per heavy atom. The molecule has 0 bridgehead atoms. The average molecular weight is 437 g/mol. The molecule has 2 fully saturated rings. The average Bonchev–Trinajstić information content (AvgIpc) is 3.54. The van der Waals surface area contributed by atoms with Crippen molar-refractivity contribution in [1.82, 2.24) is 30.1 Å². The van der Waals surface area contributed by atoms with Crippen LogP contribution in [-0.2, 0) is 0 Å². The fraction of sp³-hybridized carbons (Fsp3) is 0.565. The molecule has 6 rings (SSSR count). The fourth-order valence-electron chi connectivity index (χ4n) is 5.56. The van der Waals surface area contributed by atoms with E-state index < -0.39 is 0 Å². The number of nitrogens with one attached hydrogen (secondary N) is 1. The van der Waals surface area contributed by atoms with Gasteiger partial charge in [-0.2, -0.15) is 0 Å². The molecule has 0 amide bonds. The van der Waals surface area contributed by atoms with Crippen LogP contribution in [0.5, 0.6) is 11.5 Å². The molecule has 2 aromatic heterocycles. The number of fused-ring (bicyclic) bond motifs is 2. The van der Waals surface area contributed by atoms with Crippen LogP contribution in [0.4, 0.5) is 0 Å². The van der Waals surface area contributed by atoms with Gasteiger partial charge in [-0.15, -0.1) is 5.10 Å². The minimum Gasteiger partial charge on any atom is -0.454 e. The monoisotopic (exact) mass is 436 g/mol. The summed E-state index contributed by atoms with van der Waals surface area (Å²) >= 11 is 0. The van der Waals surface area contributed by atoms with Crippen LogP contribution in [0.2, 0.25) is 0 Å². The van der Waals surface area contributed by atoms with Crippen molar-refractivity contribution in [2.24, 2.45) is 5.92 Å². The third-order valence-corrected chi connectivity index (χ3v) is 7.15. The van der Waals surface area contributed by atoms with Gasteiger partial charge in [0, 0.05) is 23.6 Å². The number of aromatic amines is 1. The van der Waals surface area contributed by atoms with E-state index in [1.165, 1.54) is 19.3 Å². The van der Waals surface area contributed by atoms with E-state index >= 15 is 0 Å². The van der Waals surface area contributed by atoms with Crippen molar-refractivity contribution in [3.63, 3.8) is 0 Å². The second kappa shape index (κ2) is 7.88. The van der Waals surface area contributed by atoms with Crippen molar-refractivity contribution in [3.8, 4) is 11.5 Å². The topological polar surface area (TPSA) is 98.2 Å². The molecule has 1 saturated heterocycles. The van der Waals surface area contributed by atoms with Crippen LogP contribution in [0.25, 0.3) is 10.9 Å². The number of pyridine rings is 1. The van der Waals surface area contributed by atoms with E-state index in [0.717, 1.165) is 49.1 Å². The molecule has 1 aromatic carbocycles. The molecule has 3 aromatic rings. The molecule has 0 spiro atoms. The van der Waals surface area contributed by atoms with E-state index in [-0.39, 0.29) is 18.4 Å². The number of benzene rings is 1. The Labute approximate surface area is 185 Å². The molecule has 0 unspecified atom stereocenters. The zero-order chi connectivity index (χ0) is 21.7. The molecule has 2 atom stereocenters. The summed E-state index contributed by atoms with van der Waals surface area (Å²) in [6.07, 6.45) is 6.86. The molecule has 9 heteroatoms. The Hall–Kier alpha value is -2.94. The molecule has 1 N–H and O–H groups in total. The number of H-pyrrole nitrogens is 1. The van der Waals surface area contributed by atoms with E-state index in [9.17, 15) is 4.79 Å². The van der Waals surface area contributed by atoms with E-state index in [1.54, 1.807) is 0 Å². The number of aromatic nitrogens is 5. The summed E-state index contributed by atoms with van der Waals surface area (Å²) in [5, 5.41) is 13.8. The van der Waals surface area contributed by atoms with Gasteiger partial charge in [0.05, 0.1) is 11.6 Å². The number of tetrazole rings is 1. The van der Waals surface area contributed by atoms with Gasteiger partial charge in [0.2, 0.25) is 6.79 Å². The minimum absolute atomic E-state index is 0.111. The molecule has 4 heterocycles. The standard InChI is InChI=1S/C23H28N6O3/c1-14-5-4-8-28(12-14)21(22-25-26-27-29(22)16-6-2-3-7-16)17-9-15-10-19-20(32-13-31-19)11-18(15)24-23(17)30/h9-11,14,16,21H,2-8,12-13H2,1H3,(H,24,30)/t14-,21+/m1/s1. The maximum atomic E-state index is 13.4. The Balaban J connectivity index is 1.50. The maximum Gasteiger partial charge on any atom is 0.253 e. The normalized spacial score (nSPS) is 22.6. The van der Waals surface area contributed by atoms with Crippen molar-refractivity contribution < 1.29 is 9.47 Å². The number of piperidine rings is 1. The van der Waals surface area contributed by atoms with Crippen LogP contribution in [0.1, 0.15) is 68.9 Å². The lowest BCUT2D eigenvalue weighted by atomic mass is 9.95. The van der Waals surface area contributed by atoms with Crippen molar-refractivity contribution in [3.05, 3.63) is 39.9 Å². The fourth-order valence-corrected chi connectivity index (χ4v) is 5.56. The highest BCUT2D eigenvalue weighted by Gasteiger charge is 2.35. The van der Waals surface area contributed by atoms with Crippen LogP contribution in [0.3, 0.4) is 0 Å². The number of ether oxygens (including phenoxy) is 2. The van der Waals surface area contributed by atoms with Crippen LogP contribution in [0, 0.1) is 5.92 Å². The van der Waals surface area contributed by atoms with Gasteiger partial charge in [-0.1, -0.05) is 19.8 Å². The predicted octanol–water partition coefficient (Wildman–Crippen LogP) is 3.18. The highest BCUT2D eigenvalue weighted by Crippen LogP contribution is 2.38. The van der Waals surface area contributed by atoms with Gasteiger partial charge in [-0.3, -0.25) is 9.69 Å². The maximum absolute atomic E-state index is 13.4. The summed E-state index contributed by atoms with van der Waals surface area (Å²) in [6, 6.07) is 5.77. The second-order valence-corrected chi connectivity index (χ2v) is 9.41. The van der Waals surface area contributed by atoms with Crippen LogP contribution >= 0.6 is 0 Å². The summed E-state index contributed by atoms with van der Waals surface area (Å²) in [7, 11) is 0. The summed E-state index contributed by atoms with van der Waals surface area (Å²) < 4.78 is 13.0. The summed E-state index contributed by atoms with van der Waals surface area (Å²) in [6.45, 7) is 4.31. The van der Waals surface area contributed by atoms with Crippen molar-refractivity contribution in [1.29, 1.82) is 0 Å². The Morgan fingerprint density at radius 3 is 2.72 bits per heavy atom. The van der Waals surface area contributed by atoms with E-state index in [4.69, 9.17) is 9.47 Å². The van der Waals surface area contributed by atoms with Gasteiger partial charge in [0.1, 0.15) is 6.04 Å². The quantitative estimate of drug-likeness (QED) is 0.671. The van der Waals surface area contributed by atoms with Gasteiger partial charge in [0.15, 0.2) is 17.3 Å². The molecule has 1 aliphatic carbocycles. The summed E-state index contributed by atoms with van der Waals surface area (Å²) in [4.78, 5) is 18.9. The first kappa shape index (κ1) is 19.7. The summed E-state index contributed by atoms with van der Waals surface area (Å²) in [5.41, 5.74) is 1.31. The SMILES string of the molecule is C[C@@H]1CCCN([C@@H](c2cc3cc4c(cc3[nH]c2=O)OCO4)c2nnnn2C2CCCC2)C1. The predicted molar refractivity (Wildman–Crippen MR) is 118 cm³/mol. The molecule has 0 radical (unpaired) electrons. The molecule has 9 nitrogen and oxygen atoms in total. The highest BCUT2D eigenvalue weighted by atomic mass is 16.7. The molecule has 168 valence electrons. The molecular weight excluding hydrogens is 408 g/mol. The molecule has 32 heavy (non-hydrogen) atoms. The first-order chi connectivity index (χ1) is 15.7. The zero-order valence-electron chi connectivity index (χ0n) is 18.3. The van der Waals surface area contributed by atoms with E-state index in [2.05, 4.69) is 32.3 Å².